The van der Waals surface area contributed by atoms with Crippen molar-refractivity contribution in [3.63, 3.8) is 0 Å². The summed E-state index contributed by atoms with van der Waals surface area (Å²) in [6, 6.07) is 0. The second kappa shape index (κ2) is 45.4. The molecule has 0 aliphatic heterocycles. The number of unbranched alkanes of at least 4 members (excludes halogenated alkanes) is 29. The third kappa shape index (κ3) is 45.9. The summed E-state index contributed by atoms with van der Waals surface area (Å²) < 4.78 is 16.8. The molecule has 0 saturated heterocycles. The minimum Gasteiger partial charge on any atom is -0.462 e. The fourth-order valence-corrected chi connectivity index (χ4v) is 8.08. The van der Waals surface area contributed by atoms with Crippen molar-refractivity contribution in [1.29, 1.82) is 0 Å². The first-order chi connectivity index (χ1) is 29.1. The van der Waals surface area contributed by atoms with Gasteiger partial charge in [-0.15, -0.1) is 0 Å². The van der Waals surface area contributed by atoms with Crippen LogP contribution in [0.15, 0.2) is 0 Å². The third-order valence-corrected chi connectivity index (χ3v) is 12.5. The van der Waals surface area contributed by atoms with Crippen molar-refractivity contribution in [2.45, 2.75) is 298 Å². The highest BCUT2D eigenvalue weighted by molar-refractivity contribution is 5.71. The van der Waals surface area contributed by atoms with Gasteiger partial charge in [0.15, 0.2) is 6.10 Å². The van der Waals surface area contributed by atoms with E-state index in [-0.39, 0.29) is 31.1 Å². The Morgan fingerprint density at radius 3 is 0.867 bits per heavy atom. The molecule has 0 spiro atoms. The van der Waals surface area contributed by atoms with Crippen molar-refractivity contribution < 1.29 is 28.6 Å². The lowest BCUT2D eigenvalue weighted by molar-refractivity contribution is -0.167. The molecule has 0 N–H and O–H groups in total. The van der Waals surface area contributed by atoms with E-state index in [2.05, 4.69) is 41.5 Å². The molecule has 0 aromatic carbocycles. The van der Waals surface area contributed by atoms with Crippen LogP contribution in [-0.2, 0) is 28.6 Å². The summed E-state index contributed by atoms with van der Waals surface area (Å²) in [5, 5.41) is 0. The molecule has 0 saturated carbocycles. The number of esters is 3. The van der Waals surface area contributed by atoms with Crippen LogP contribution >= 0.6 is 0 Å². The molecule has 0 rings (SSSR count). The Bertz CT molecular complexity index is 931. The molecular weight excluding hydrogens is 745 g/mol. The molecule has 6 heteroatoms. The molecule has 1 unspecified atom stereocenters. The SMILES string of the molecule is CCC(C)CCCCCCCCCCC(=O)OC[C@@H](COC(=O)CCCCCCCCCCC(C)C)OC(=O)CCCCCCCCCCCCCCCCCCC(C)C. The van der Waals surface area contributed by atoms with Gasteiger partial charge in [-0.3, -0.25) is 14.4 Å². The molecule has 0 amide bonds. The molecule has 356 valence electrons. The molecule has 0 heterocycles. The van der Waals surface area contributed by atoms with Gasteiger partial charge in [-0.05, 0) is 37.0 Å². The van der Waals surface area contributed by atoms with Crippen LogP contribution in [0.1, 0.15) is 292 Å². The van der Waals surface area contributed by atoms with Crippen molar-refractivity contribution >= 4 is 17.9 Å². The van der Waals surface area contributed by atoms with Gasteiger partial charge in [0, 0.05) is 19.3 Å². The fraction of sp³-hybridized carbons (Fsp3) is 0.944. The minimum absolute atomic E-state index is 0.0652. The molecule has 0 aromatic rings. The van der Waals surface area contributed by atoms with Gasteiger partial charge in [0.1, 0.15) is 13.2 Å². The lowest BCUT2D eigenvalue weighted by Gasteiger charge is -2.18. The van der Waals surface area contributed by atoms with Gasteiger partial charge in [0.25, 0.3) is 0 Å². The fourth-order valence-electron chi connectivity index (χ4n) is 8.08. The van der Waals surface area contributed by atoms with Crippen LogP contribution in [0.3, 0.4) is 0 Å². The average Bonchev–Trinajstić information content (AvgIpc) is 3.22. The van der Waals surface area contributed by atoms with Crippen LogP contribution in [0.2, 0.25) is 0 Å². The van der Waals surface area contributed by atoms with Gasteiger partial charge in [-0.2, -0.15) is 0 Å². The van der Waals surface area contributed by atoms with Gasteiger partial charge >= 0.3 is 17.9 Å². The van der Waals surface area contributed by atoms with Crippen LogP contribution in [0, 0.1) is 17.8 Å². The van der Waals surface area contributed by atoms with Crippen molar-refractivity contribution in [2.75, 3.05) is 13.2 Å². The first-order valence-corrected chi connectivity index (χ1v) is 26.6. The number of hydrogen-bond donors (Lipinski definition) is 0. The average molecular weight is 849 g/mol. The first kappa shape index (κ1) is 58.4. The van der Waals surface area contributed by atoms with Gasteiger partial charge < -0.3 is 14.2 Å². The Morgan fingerprint density at radius 2 is 0.583 bits per heavy atom. The molecule has 0 fully saturated rings. The normalized spacial score (nSPS) is 12.6. The van der Waals surface area contributed by atoms with Gasteiger partial charge in [-0.25, -0.2) is 0 Å². The number of ether oxygens (including phenoxy) is 3. The van der Waals surface area contributed by atoms with Crippen molar-refractivity contribution in [3.05, 3.63) is 0 Å². The molecule has 0 radical (unpaired) electrons. The zero-order valence-electron chi connectivity index (χ0n) is 41.3. The standard InChI is InChI=1S/C54H104O6/c1-7-50(6)42-36-30-24-19-21-26-32-38-44-53(56)59-47-51(46-58-52(55)43-37-31-25-20-18-23-29-35-41-49(4)5)60-54(57)45-39-33-27-17-15-13-11-9-8-10-12-14-16-22-28-34-40-48(2)3/h48-51H,7-47H2,1-6H3/t50?,51-/m1/s1. The summed E-state index contributed by atoms with van der Waals surface area (Å²) in [6.07, 6.45) is 45.2. The Labute approximate surface area is 374 Å². The van der Waals surface area contributed by atoms with E-state index in [0.717, 1.165) is 75.5 Å². The monoisotopic (exact) mass is 849 g/mol. The van der Waals surface area contributed by atoms with Crippen LogP contribution in [0.4, 0.5) is 0 Å². The minimum atomic E-state index is -0.763. The molecule has 6 nitrogen and oxygen atoms in total. The van der Waals surface area contributed by atoms with Gasteiger partial charge in [-0.1, -0.05) is 253 Å². The highest BCUT2D eigenvalue weighted by atomic mass is 16.6. The molecule has 60 heavy (non-hydrogen) atoms. The maximum absolute atomic E-state index is 12.8. The Kier molecular flexibility index (Phi) is 44.2. The van der Waals surface area contributed by atoms with Crippen LogP contribution in [0.5, 0.6) is 0 Å². The zero-order valence-corrected chi connectivity index (χ0v) is 41.3. The number of rotatable bonds is 47. The number of hydrogen-bond acceptors (Lipinski definition) is 6. The van der Waals surface area contributed by atoms with E-state index in [0.29, 0.717) is 19.3 Å². The highest BCUT2D eigenvalue weighted by Gasteiger charge is 2.19. The van der Waals surface area contributed by atoms with E-state index >= 15 is 0 Å². The molecule has 0 aliphatic rings. The Hall–Kier alpha value is -1.59. The number of carbonyl (C=O) groups is 3. The van der Waals surface area contributed by atoms with Gasteiger partial charge in [0.2, 0.25) is 0 Å². The quantitative estimate of drug-likeness (QED) is 0.0345. The summed E-state index contributed by atoms with van der Waals surface area (Å²) in [5.74, 6) is 1.64. The van der Waals surface area contributed by atoms with Crippen molar-refractivity contribution in [1.82, 2.24) is 0 Å². The van der Waals surface area contributed by atoms with E-state index in [9.17, 15) is 14.4 Å². The maximum Gasteiger partial charge on any atom is 0.306 e. The van der Waals surface area contributed by atoms with E-state index < -0.39 is 6.10 Å². The van der Waals surface area contributed by atoms with E-state index in [1.165, 1.54) is 173 Å². The molecule has 0 aliphatic carbocycles. The molecule has 2 atom stereocenters. The number of carbonyl (C=O) groups excluding carboxylic acids is 3. The summed E-state index contributed by atoms with van der Waals surface area (Å²) in [5.41, 5.74) is 0. The lowest BCUT2D eigenvalue weighted by atomic mass is 9.99. The Morgan fingerprint density at radius 1 is 0.333 bits per heavy atom. The summed E-state index contributed by atoms with van der Waals surface area (Å²) in [4.78, 5) is 37.9. The van der Waals surface area contributed by atoms with Crippen molar-refractivity contribution in [3.8, 4) is 0 Å². The zero-order chi connectivity index (χ0) is 44.2. The van der Waals surface area contributed by atoms with Crippen LogP contribution < -0.4 is 0 Å². The summed E-state index contributed by atoms with van der Waals surface area (Å²) >= 11 is 0. The predicted octanol–water partition coefficient (Wildman–Crippen LogP) is 17.2. The topological polar surface area (TPSA) is 78.9 Å². The van der Waals surface area contributed by atoms with Crippen LogP contribution in [0.25, 0.3) is 0 Å². The lowest BCUT2D eigenvalue weighted by Crippen LogP contribution is -2.30. The summed E-state index contributed by atoms with van der Waals surface area (Å²) in [7, 11) is 0. The third-order valence-electron chi connectivity index (χ3n) is 12.5. The second-order valence-electron chi connectivity index (χ2n) is 19.7. The maximum atomic E-state index is 12.8. The van der Waals surface area contributed by atoms with Gasteiger partial charge in [0.05, 0.1) is 0 Å². The van der Waals surface area contributed by atoms with E-state index in [1.54, 1.807) is 0 Å². The predicted molar refractivity (Wildman–Crippen MR) is 256 cm³/mol. The van der Waals surface area contributed by atoms with Crippen molar-refractivity contribution in [2.24, 2.45) is 17.8 Å². The molecule has 0 bridgehead atoms. The second-order valence-corrected chi connectivity index (χ2v) is 19.7. The highest BCUT2D eigenvalue weighted by Crippen LogP contribution is 2.18. The largest absolute Gasteiger partial charge is 0.462 e. The summed E-state index contributed by atoms with van der Waals surface area (Å²) in [6.45, 7) is 13.7. The van der Waals surface area contributed by atoms with E-state index in [4.69, 9.17) is 14.2 Å². The smallest absolute Gasteiger partial charge is 0.306 e. The molecule has 0 aromatic heterocycles. The Balaban J connectivity index is 4.28. The van der Waals surface area contributed by atoms with E-state index in [1.807, 2.05) is 0 Å². The first-order valence-electron chi connectivity index (χ1n) is 26.6. The molecular formula is C54H104O6. The van der Waals surface area contributed by atoms with Crippen LogP contribution in [-0.4, -0.2) is 37.2 Å².